The zero-order chi connectivity index (χ0) is 16.5. The Bertz CT molecular complexity index is 366. The highest BCUT2D eigenvalue weighted by Crippen LogP contribution is 2.27. The summed E-state index contributed by atoms with van der Waals surface area (Å²) in [4.78, 5) is 0. The molecule has 10 heteroatoms. The lowest BCUT2D eigenvalue weighted by Crippen LogP contribution is -2.59. The van der Waals surface area contributed by atoms with Crippen LogP contribution in [0.3, 0.4) is 0 Å². The number of ether oxygens (including phenoxy) is 4. The van der Waals surface area contributed by atoms with Crippen LogP contribution in [0.5, 0.6) is 0 Å². The maximum absolute atomic E-state index is 9.85. The number of hydrogen-bond acceptors (Lipinski definition) is 10. The molecular weight excluding hydrogens is 304 g/mol. The zero-order valence-corrected chi connectivity index (χ0v) is 12.0. The van der Waals surface area contributed by atoms with E-state index in [9.17, 15) is 25.5 Å². The largest absolute Gasteiger partial charge is 0.393 e. The monoisotopic (exact) mass is 326 g/mol. The quantitative estimate of drug-likeness (QED) is 0.293. The third-order valence-electron chi connectivity index (χ3n) is 3.91. The van der Waals surface area contributed by atoms with E-state index in [0.717, 1.165) is 0 Å². The van der Waals surface area contributed by atoms with Crippen molar-refractivity contribution >= 4 is 0 Å². The van der Waals surface area contributed by atoms with Crippen LogP contribution < -0.4 is 0 Å². The van der Waals surface area contributed by atoms with Gasteiger partial charge in [0, 0.05) is 7.11 Å². The van der Waals surface area contributed by atoms with Gasteiger partial charge in [0.1, 0.15) is 36.1 Å². The standard InChI is InChI=1S/C12H22O10/c1-19-10-8(16)7(15)6(14)5(22-10)2-20-11-9(17)12(18,3-13)4-21-11/h5-11,13-18H,2-4H2,1H3/t5-,6-,7+,8-,9+,10-,11-,12-/m1/s1. The van der Waals surface area contributed by atoms with Gasteiger partial charge in [0.25, 0.3) is 0 Å². The van der Waals surface area contributed by atoms with E-state index in [1.807, 2.05) is 0 Å². The minimum Gasteiger partial charge on any atom is -0.393 e. The van der Waals surface area contributed by atoms with Crippen LogP contribution >= 0.6 is 0 Å². The molecule has 0 aromatic carbocycles. The van der Waals surface area contributed by atoms with Crippen LogP contribution in [0.4, 0.5) is 0 Å². The molecule has 2 rings (SSSR count). The first-order chi connectivity index (χ1) is 10.3. The molecule has 2 aliphatic heterocycles. The Kier molecular flexibility index (Phi) is 5.72. The van der Waals surface area contributed by atoms with E-state index < -0.39 is 55.3 Å². The average Bonchev–Trinajstić information content (AvgIpc) is 2.81. The van der Waals surface area contributed by atoms with Gasteiger partial charge in [-0.25, -0.2) is 0 Å². The fourth-order valence-electron chi connectivity index (χ4n) is 2.37. The molecule has 130 valence electrons. The normalized spacial score (nSPS) is 49.5. The fourth-order valence-corrected chi connectivity index (χ4v) is 2.37. The van der Waals surface area contributed by atoms with Gasteiger partial charge in [-0.1, -0.05) is 0 Å². The first kappa shape index (κ1) is 17.9. The summed E-state index contributed by atoms with van der Waals surface area (Å²) in [5.41, 5.74) is -1.82. The molecule has 0 radical (unpaired) electrons. The van der Waals surface area contributed by atoms with Crippen LogP contribution in [0, 0.1) is 0 Å². The predicted octanol–water partition coefficient (Wildman–Crippen LogP) is -4.10. The predicted molar refractivity (Wildman–Crippen MR) is 67.4 cm³/mol. The molecule has 0 bridgehead atoms. The molecule has 0 aromatic rings. The number of rotatable bonds is 5. The number of methoxy groups -OCH3 is 1. The molecule has 0 aromatic heterocycles. The molecule has 6 N–H and O–H groups in total. The van der Waals surface area contributed by atoms with E-state index in [1.54, 1.807) is 0 Å². The topological polar surface area (TPSA) is 158 Å². The van der Waals surface area contributed by atoms with Crippen molar-refractivity contribution < 1.29 is 49.6 Å². The van der Waals surface area contributed by atoms with Crippen LogP contribution in [-0.4, -0.2) is 106 Å². The van der Waals surface area contributed by atoms with E-state index >= 15 is 0 Å². The molecule has 8 atom stereocenters. The number of hydrogen-bond donors (Lipinski definition) is 6. The lowest BCUT2D eigenvalue weighted by Gasteiger charge is -2.39. The van der Waals surface area contributed by atoms with Gasteiger partial charge in [-0.05, 0) is 0 Å². The molecule has 0 aliphatic carbocycles. The van der Waals surface area contributed by atoms with E-state index in [1.165, 1.54) is 7.11 Å². The second-order valence-electron chi connectivity index (χ2n) is 5.47. The summed E-state index contributed by atoms with van der Waals surface area (Å²) in [5.74, 6) is 0. The summed E-state index contributed by atoms with van der Waals surface area (Å²) < 4.78 is 20.3. The summed E-state index contributed by atoms with van der Waals surface area (Å²) in [6.07, 6.45) is -9.22. The lowest BCUT2D eigenvalue weighted by molar-refractivity contribution is -0.303. The average molecular weight is 326 g/mol. The maximum atomic E-state index is 9.85. The Morgan fingerprint density at radius 1 is 1.09 bits per heavy atom. The van der Waals surface area contributed by atoms with E-state index in [0.29, 0.717) is 0 Å². The van der Waals surface area contributed by atoms with Gasteiger partial charge in [0.2, 0.25) is 0 Å². The SMILES string of the molecule is CO[C@@H]1O[C@H](CO[C@@H]2OC[C@](O)(CO)[C@H]2O)[C@@H](O)[C@H](O)[C@H]1O. The van der Waals surface area contributed by atoms with Gasteiger partial charge in [-0.3, -0.25) is 0 Å². The molecule has 0 spiro atoms. The molecule has 22 heavy (non-hydrogen) atoms. The molecule has 2 saturated heterocycles. The highest BCUT2D eigenvalue weighted by molar-refractivity contribution is 4.94. The smallest absolute Gasteiger partial charge is 0.186 e. The van der Waals surface area contributed by atoms with Gasteiger partial charge < -0.3 is 49.6 Å². The van der Waals surface area contributed by atoms with Crippen molar-refractivity contribution in [3.8, 4) is 0 Å². The Hall–Kier alpha value is -0.400. The van der Waals surface area contributed by atoms with Gasteiger partial charge in [-0.15, -0.1) is 0 Å². The van der Waals surface area contributed by atoms with Crippen molar-refractivity contribution in [2.75, 3.05) is 26.9 Å². The van der Waals surface area contributed by atoms with Gasteiger partial charge in [0.05, 0.1) is 19.8 Å². The lowest BCUT2D eigenvalue weighted by atomic mass is 9.99. The Morgan fingerprint density at radius 2 is 1.77 bits per heavy atom. The first-order valence-corrected chi connectivity index (χ1v) is 6.81. The second-order valence-corrected chi connectivity index (χ2v) is 5.47. The molecule has 0 saturated carbocycles. The molecule has 2 heterocycles. The summed E-state index contributed by atoms with van der Waals surface area (Å²) in [6, 6.07) is 0. The van der Waals surface area contributed by atoms with Gasteiger partial charge in [0.15, 0.2) is 12.6 Å². The van der Waals surface area contributed by atoms with Crippen LogP contribution in [0.25, 0.3) is 0 Å². The molecule has 2 aliphatic rings. The first-order valence-electron chi connectivity index (χ1n) is 6.81. The highest BCUT2D eigenvalue weighted by Gasteiger charge is 2.49. The Balaban J connectivity index is 1.91. The van der Waals surface area contributed by atoms with Crippen LogP contribution in [-0.2, 0) is 18.9 Å². The van der Waals surface area contributed by atoms with Gasteiger partial charge >= 0.3 is 0 Å². The molecule has 10 nitrogen and oxygen atoms in total. The number of aliphatic hydroxyl groups excluding tert-OH is 5. The molecule has 2 fully saturated rings. The van der Waals surface area contributed by atoms with Crippen molar-refractivity contribution in [1.82, 2.24) is 0 Å². The Morgan fingerprint density at radius 3 is 2.32 bits per heavy atom. The highest BCUT2D eigenvalue weighted by atomic mass is 16.7. The van der Waals surface area contributed by atoms with E-state index in [4.69, 9.17) is 24.1 Å². The third kappa shape index (κ3) is 3.26. The van der Waals surface area contributed by atoms with E-state index in [-0.39, 0.29) is 13.2 Å². The van der Waals surface area contributed by atoms with Crippen molar-refractivity contribution in [3.05, 3.63) is 0 Å². The number of aliphatic hydroxyl groups is 6. The van der Waals surface area contributed by atoms with Crippen LogP contribution in [0.2, 0.25) is 0 Å². The fraction of sp³-hybridized carbons (Fsp3) is 1.00. The maximum Gasteiger partial charge on any atom is 0.186 e. The van der Waals surface area contributed by atoms with Crippen molar-refractivity contribution in [3.63, 3.8) is 0 Å². The van der Waals surface area contributed by atoms with Crippen molar-refractivity contribution in [1.29, 1.82) is 0 Å². The molecular formula is C12H22O10. The van der Waals surface area contributed by atoms with E-state index in [2.05, 4.69) is 0 Å². The minimum absolute atomic E-state index is 0.298. The summed E-state index contributed by atoms with van der Waals surface area (Å²) >= 11 is 0. The third-order valence-corrected chi connectivity index (χ3v) is 3.91. The summed E-state index contributed by atoms with van der Waals surface area (Å²) in [5, 5.41) is 57.8. The van der Waals surface area contributed by atoms with Gasteiger partial charge in [-0.2, -0.15) is 0 Å². The van der Waals surface area contributed by atoms with Crippen LogP contribution in [0.15, 0.2) is 0 Å². The zero-order valence-electron chi connectivity index (χ0n) is 12.0. The van der Waals surface area contributed by atoms with Crippen molar-refractivity contribution in [2.24, 2.45) is 0 Å². The Labute approximate surface area is 126 Å². The minimum atomic E-state index is -1.82. The van der Waals surface area contributed by atoms with Crippen LogP contribution in [0.1, 0.15) is 0 Å². The second kappa shape index (κ2) is 7.01. The van der Waals surface area contributed by atoms with Crippen molar-refractivity contribution in [2.45, 2.75) is 48.7 Å². The summed E-state index contributed by atoms with van der Waals surface area (Å²) in [6.45, 7) is -1.31. The summed E-state index contributed by atoms with van der Waals surface area (Å²) in [7, 11) is 1.27. The molecule has 0 unspecified atom stereocenters. The molecule has 0 amide bonds.